The van der Waals surface area contributed by atoms with Gasteiger partial charge < -0.3 is 0 Å². The minimum atomic E-state index is -0.403. The van der Waals surface area contributed by atoms with Crippen LogP contribution in [0.1, 0.15) is 0 Å². The van der Waals surface area contributed by atoms with Crippen molar-refractivity contribution >= 4 is 11.6 Å². The van der Waals surface area contributed by atoms with E-state index in [0.717, 1.165) is 11.4 Å². The van der Waals surface area contributed by atoms with E-state index < -0.39 is 5.69 Å². The van der Waals surface area contributed by atoms with Gasteiger partial charge in [-0.15, -0.1) is 0 Å². The van der Waals surface area contributed by atoms with Crippen molar-refractivity contribution in [2.45, 2.75) is 0 Å². The van der Waals surface area contributed by atoms with E-state index in [9.17, 15) is 4.79 Å². The molecule has 0 saturated carbocycles. The van der Waals surface area contributed by atoms with Gasteiger partial charge >= 0.3 is 5.69 Å². The maximum absolute atomic E-state index is 12.0. The van der Waals surface area contributed by atoms with Gasteiger partial charge in [-0.25, -0.2) is 9.48 Å². The molecule has 0 fully saturated rings. The molecule has 0 atom stereocenters. The zero-order valence-corrected chi connectivity index (χ0v) is 10.7. The van der Waals surface area contributed by atoms with Crippen LogP contribution in [0.25, 0.3) is 11.4 Å². The fourth-order valence-corrected chi connectivity index (χ4v) is 2.17. The first-order valence-corrected chi connectivity index (χ1v) is 6.13. The Hall–Kier alpha value is -2.33. The second-order valence-corrected chi connectivity index (χ2v) is 4.30. The van der Waals surface area contributed by atoms with Gasteiger partial charge in [0.05, 0.1) is 11.4 Å². The minimum absolute atomic E-state index is 0.139. The predicted octanol–water partition coefficient (Wildman–Crippen LogP) is 2.68. The van der Waals surface area contributed by atoms with Crippen LogP contribution in [-0.2, 0) is 0 Å². The van der Waals surface area contributed by atoms with Crippen molar-refractivity contribution in [2.24, 2.45) is 0 Å². The summed E-state index contributed by atoms with van der Waals surface area (Å²) in [5.41, 5.74) is 1.10. The summed E-state index contributed by atoms with van der Waals surface area (Å²) in [6.07, 6.45) is 0. The maximum Gasteiger partial charge on any atom is 0.370 e. The number of aromatic nitrogens is 3. The summed E-state index contributed by atoms with van der Waals surface area (Å²) in [5.74, 6) is 0. The van der Waals surface area contributed by atoms with Crippen molar-refractivity contribution in [2.75, 3.05) is 0 Å². The van der Waals surface area contributed by atoms with E-state index in [0.29, 0.717) is 0 Å². The molecule has 0 unspecified atom stereocenters. The fourth-order valence-electron chi connectivity index (χ4n) is 1.93. The van der Waals surface area contributed by atoms with Crippen molar-refractivity contribution in [1.82, 2.24) is 14.3 Å². The lowest BCUT2D eigenvalue weighted by Crippen LogP contribution is -2.21. The summed E-state index contributed by atoms with van der Waals surface area (Å²) < 4.78 is 3.02. The Morgan fingerprint density at radius 1 is 0.789 bits per heavy atom. The van der Waals surface area contributed by atoms with Gasteiger partial charge in [0.25, 0.3) is 0 Å². The van der Waals surface area contributed by atoms with Gasteiger partial charge in [-0.05, 0) is 35.9 Å². The molecular formula is C14H10ClN3O. The topological polar surface area (TPSA) is 39.8 Å². The highest BCUT2D eigenvalue weighted by molar-refractivity contribution is 6.28. The number of hydrogen-bond acceptors (Lipinski definition) is 2. The molecule has 0 bridgehead atoms. The Balaban J connectivity index is 2.30. The molecule has 0 aliphatic carbocycles. The van der Waals surface area contributed by atoms with Crippen LogP contribution in [0.15, 0.2) is 65.5 Å². The van der Waals surface area contributed by atoms with Crippen molar-refractivity contribution in [1.29, 1.82) is 0 Å². The van der Waals surface area contributed by atoms with Crippen LogP contribution in [0.3, 0.4) is 0 Å². The Kier molecular flexibility index (Phi) is 2.93. The van der Waals surface area contributed by atoms with E-state index in [2.05, 4.69) is 4.98 Å². The number of para-hydroxylation sites is 2. The lowest BCUT2D eigenvalue weighted by molar-refractivity contribution is 0.723. The lowest BCUT2D eigenvalue weighted by Gasteiger charge is -2.10. The highest BCUT2D eigenvalue weighted by atomic mass is 35.5. The summed E-state index contributed by atoms with van der Waals surface area (Å²) in [6.45, 7) is 0. The normalized spacial score (nSPS) is 10.6. The van der Waals surface area contributed by atoms with Gasteiger partial charge in [0.2, 0.25) is 5.28 Å². The monoisotopic (exact) mass is 271 g/mol. The zero-order chi connectivity index (χ0) is 13.2. The average molecular weight is 272 g/mol. The van der Waals surface area contributed by atoms with Crippen LogP contribution >= 0.6 is 11.6 Å². The SMILES string of the molecule is O=c1nc(Cl)n(-c2ccccc2)n1-c1ccccc1. The summed E-state index contributed by atoms with van der Waals surface area (Å²) in [4.78, 5) is 15.8. The molecule has 19 heavy (non-hydrogen) atoms. The van der Waals surface area contributed by atoms with E-state index >= 15 is 0 Å². The molecule has 0 aliphatic rings. The third-order valence-corrected chi connectivity index (χ3v) is 2.99. The van der Waals surface area contributed by atoms with Crippen LogP contribution in [0.4, 0.5) is 0 Å². The lowest BCUT2D eigenvalue weighted by atomic mass is 10.3. The van der Waals surface area contributed by atoms with Crippen molar-refractivity contribution in [3.8, 4) is 11.4 Å². The molecule has 1 aromatic heterocycles. The van der Waals surface area contributed by atoms with Gasteiger partial charge in [0.1, 0.15) is 0 Å². The van der Waals surface area contributed by atoms with Crippen LogP contribution in [-0.4, -0.2) is 14.3 Å². The standard InChI is InChI=1S/C14H10ClN3O/c15-13-16-14(19)18(12-9-5-2-6-10-12)17(13)11-7-3-1-4-8-11/h1-10H. The fraction of sp³-hybridized carbons (Fsp3) is 0. The van der Waals surface area contributed by atoms with Crippen molar-refractivity contribution in [3.63, 3.8) is 0 Å². The molecule has 94 valence electrons. The van der Waals surface area contributed by atoms with E-state index in [1.807, 2.05) is 60.7 Å². The number of halogens is 1. The van der Waals surface area contributed by atoms with Crippen LogP contribution < -0.4 is 5.69 Å². The highest BCUT2D eigenvalue weighted by Gasteiger charge is 2.13. The van der Waals surface area contributed by atoms with Gasteiger partial charge in [0, 0.05) is 0 Å². The summed E-state index contributed by atoms with van der Waals surface area (Å²) in [7, 11) is 0. The molecule has 4 nitrogen and oxygen atoms in total. The van der Waals surface area contributed by atoms with Gasteiger partial charge in [0.15, 0.2) is 0 Å². The van der Waals surface area contributed by atoms with E-state index in [1.54, 1.807) is 4.68 Å². The van der Waals surface area contributed by atoms with E-state index in [-0.39, 0.29) is 5.28 Å². The maximum atomic E-state index is 12.0. The summed E-state index contributed by atoms with van der Waals surface area (Å²) in [6, 6.07) is 18.7. The quantitative estimate of drug-likeness (QED) is 0.719. The molecule has 0 aliphatic heterocycles. The molecule has 2 aromatic carbocycles. The largest absolute Gasteiger partial charge is 0.370 e. The molecule has 0 radical (unpaired) electrons. The first-order valence-electron chi connectivity index (χ1n) is 5.76. The highest BCUT2D eigenvalue weighted by Crippen LogP contribution is 2.15. The first kappa shape index (κ1) is 11.7. The molecule has 3 rings (SSSR count). The van der Waals surface area contributed by atoms with Gasteiger partial charge in [-0.1, -0.05) is 36.4 Å². The Bertz CT molecular complexity index is 747. The van der Waals surface area contributed by atoms with Crippen molar-refractivity contribution < 1.29 is 0 Å². The Morgan fingerprint density at radius 2 is 1.26 bits per heavy atom. The Morgan fingerprint density at radius 3 is 1.79 bits per heavy atom. The smallest absolute Gasteiger partial charge is 0.244 e. The molecular weight excluding hydrogens is 262 g/mol. The van der Waals surface area contributed by atoms with Crippen molar-refractivity contribution in [3.05, 3.63) is 76.4 Å². The molecule has 0 amide bonds. The number of rotatable bonds is 2. The second-order valence-electron chi connectivity index (χ2n) is 3.96. The number of benzene rings is 2. The summed E-state index contributed by atoms with van der Waals surface area (Å²) in [5, 5.41) is 0.139. The third kappa shape index (κ3) is 2.06. The van der Waals surface area contributed by atoms with E-state index in [1.165, 1.54) is 4.68 Å². The van der Waals surface area contributed by atoms with Gasteiger partial charge in [-0.2, -0.15) is 9.67 Å². The molecule has 0 saturated heterocycles. The van der Waals surface area contributed by atoms with Crippen LogP contribution in [0.2, 0.25) is 5.28 Å². The number of hydrogen-bond donors (Lipinski definition) is 0. The third-order valence-electron chi connectivity index (χ3n) is 2.75. The summed E-state index contributed by atoms with van der Waals surface area (Å²) >= 11 is 6.07. The van der Waals surface area contributed by atoms with Gasteiger partial charge in [-0.3, -0.25) is 0 Å². The molecule has 0 N–H and O–H groups in total. The molecule has 5 heteroatoms. The average Bonchev–Trinajstić information content (AvgIpc) is 2.75. The van der Waals surface area contributed by atoms with Crippen LogP contribution in [0, 0.1) is 0 Å². The molecule has 1 heterocycles. The number of nitrogens with zero attached hydrogens (tertiary/aromatic N) is 3. The first-order chi connectivity index (χ1) is 9.27. The Labute approximate surface area is 114 Å². The zero-order valence-electron chi connectivity index (χ0n) is 9.90. The predicted molar refractivity (Wildman–Crippen MR) is 74.2 cm³/mol. The second kappa shape index (κ2) is 4.74. The molecule has 0 spiro atoms. The molecule has 3 aromatic rings. The van der Waals surface area contributed by atoms with Crippen LogP contribution in [0.5, 0.6) is 0 Å². The minimum Gasteiger partial charge on any atom is -0.244 e. The van der Waals surface area contributed by atoms with E-state index in [4.69, 9.17) is 11.6 Å².